The topological polar surface area (TPSA) is 64.2 Å². The summed E-state index contributed by atoms with van der Waals surface area (Å²) in [5.74, 6) is -0.952. The molecule has 0 saturated heterocycles. The van der Waals surface area contributed by atoms with Crippen LogP contribution in [0.3, 0.4) is 0 Å². The van der Waals surface area contributed by atoms with Gasteiger partial charge in [-0.15, -0.1) is 0 Å². The van der Waals surface area contributed by atoms with Crippen molar-refractivity contribution in [3.8, 4) is 11.1 Å². The Balaban J connectivity index is 1.94. The summed E-state index contributed by atoms with van der Waals surface area (Å²) in [4.78, 5) is 24.3. The molecular weight excluding hydrogens is 388 g/mol. The minimum atomic E-state index is -0.952. The summed E-state index contributed by atoms with van der Waals surface area (Å²) in [5.41, 5.74) is 3.52. The normalized spacial score (nSPS) is 11.0. The van der Waals surface area contributed by atoms with E-state index in [4.69, 9.17) is 11.6 Å². The molecule has 29 heavy (non-hydrogen) atoms. The van der Waals surface area contributed by atoms with Crippen molar-refractivity contribution in [2.45, 2.75) is 46.2 Å². The minimum Gasteiger partial charge on any atom is -0.478 e. The highest BCUT2D eigenvalue weighted by atomic mass is 35.5. The maximum Gasteiger partial charge on any atom is 0.336 e. The number of carbonyl (C=O) groups is 1. The number of hydrogen-bond acceptors (Lipinski definition) is 2. The summed E-state index contributed by atoms with van der Waals surface area (Å²) < 4.78 is 3.39. The molecule has 1 N–H and O–H groups in total. The van der Waals surface area contributed by atoms with Crippen LogP contribution in [0.1, 0.15) is 48.3 Å². The summed E-state index contributed by atoms with van der Waals surface area (Å²) in [5, 5.41) is 9.94. The highest BCUT2D eigenvalue weighted by Crippen LogP contribution is 2.25. The van der Waals surface area contributed by atoms with Crippen LogP contribution < -0.4 is 5.69 Å². The van der Waals surface area contributed by atoms with Crippen LogP contribution >= 0.6 is 11.6 Å². The van der Waals surface area contributed by atoms with Crippen molar-refractivity contribution in [1.29, 1.82) is 0 Å². The van der Waals surface area contributed by atoms with Gasteiger partial charge in [0.25, 0.3) is 0 Å². The van der Waals surface area contributed by atoms with Crippen molar-refractivity contribution in [1.82, 2.24) is 9.13 Å². The van der Waals surface area contributed by atoms with E-state index in [0.29, 0.717) is 23.8 Å². The summed E-state index contributed by atoms with van der Waals surface area (Å²) >= 11 is 6.50. The van der Waals surface area contributed by atoms with Gasteiger partial charge in [0.05, 0.1) is 17.8 Å². The monoisotopic (exact) mass is 412 g/mol. The predicted molar refractivity (Wildman–Crippen MR) is 116 cm³/mol. The lowest BCUT2D eigenvalue weighted by Gasteiger charge is -2.09. The van der Waals surface area contributed by atoms with Gasteiger partial charge in [-0.05, 0) is 35.6 Å². The maximum atomic E-state index is 12.9. The van der Waals surface area contributed by atoms with Crippen molar-refractivity contribution in [3.05, 3.63) is 81.0 Å². The first kappa shape index (κ1) is 20.9. The molecule has 0 spiro atoms. The first-order chi connectivity index (χ1) is 14.0. The highest BCUT2D eigenvalue weighted by Gasteiger charge is 2.18. The van der Waals surface area contributed by atoms with Crippen LogP contribution in [0.25, 0.3) is 11.1 Å². The third-order valence-electron chi connectivity index (χ3n) is 4.96. The van der Waals surface area contributed by atoms with Gasteiger partial charge in [0, 0.05) is 6.54 Å². The number of aromatic carboxylic acids is 1. The van der Waals surface area contributed by atoms with Gasteiger partial charge < -0.3 is 5.11 Å². The van der Waals surface area contributed by atoms with Crippen LogP contribution in [0.4, 0.5) is 0 Å². The van der Waals surface area contributed by atoms with E-state index in [1.807, 2.05) is 37.3 Å². The fourth-order valence-corrected chi connectivity index (χ4v) is 3.91. The van der Waals surface area contributed by atoms with Gasteiger partial charge in [-0.1, -0.05) is 74.3 Å². The molecule has 0 fully saturated rings. The van der Waals surface area contributed by atoms with Crippen molar-refractivity contribution >= 4 is 17.6 Å². The van der Waals surface area contributed by atoms with Gasteiger partial charge in [-0.3, -0.25) is 9.13 Å². The van der Waals surface area contributed by atoms with Gasteiger partial charge in [0.2, 0.25) is 0 Å². The van der Waals surface area contributed by atoms with E-state index >= 15 is 0 Å². The molecule has 5 nitrogen and oxygen atoms in total. The number of benzene rings is 2. The lowest BCUT2D eigenvalue weighted by Crippen LogP contribution is -2.25. The molecule has 1 aromatic heterocycles. The zero-order chi connectivity index (χ0) is 21.0. The molecule has 0 saturated carbocycles. The quantitative estimate of drug-likeness (QED) is 0.561. The fourth-order valence-electron chi connectivity index (χ4n) is 3.56. The Labute approximate surface area is 175 Å². The Kier molecular flexibility index (Phi) is 6.60. The third-order valence-corrected chi connectivity index (χ3v) is 5.38. The van der Waals surface area contributed by atoms with E-state index in [9.17, 15) is 14.7 Å². The van der Waals surface area contributed by atoms with E-state index in [-0.39, 0.29) is 11.3 Å². The van der Waals surface area contributed by atoms with Crippen LogP contribution in [0, 0.1) is 0 Å². The van der Waals surface area contributed by atoms with Gasteiger partial charge >= 0.3 is 11.7 Å². The average molecular weight is 413 g/mol. The van der Waals surface area contributed by atoms with E-state index in [2.05, 4.69) is 6.92 Å². The molecule has 6 heteroatoms. The van der Waals surface area contributed by atoms with Crippen LogP contribution in [-0.2, 0) is 19.5 Å². The number of aromatic nitrogens is 2. The molecule has 1 heterocycles. The molecule has 0 atom stereocenters. The zero-order valence-corrected chi connectivity index (χ0v) is 17.4. The minimum absolute atomic E-state index is 0.0828. The van der Waals surface area contributed by atoms with Crippen LogP contribution in [0.5, 0.6) is 0 Å². The molecule has 3 aromatic rings. The van der Waals surface area contributed by atoms with Crippen LogP contribution in [-0.4, -0.2) is 20.2 Å². The standard InChI is InChI=1S/C23H25ClN2O3/c1-3-7-20-21(24)25(14-4-2)23(29)26(20)15-16-10-12-17(13-11-16)18-8-5-6-9-19(18)22(27)28/h5-6,8-13H,3-4,7,14-15H2,1-2H3,(H,27,28). The molecule has 0 bridgehead atoms. The van der Waals surface area contributed by atoms with E-state index in [1.54, 1.807) is 27.3 Å². The third kappa shape index (κ3) is 4.30. The lowest BCUT2D eigenvalue weighted by molar-refractivity contribution is 0.0697. The Morgan fingerprint density at radius 2 is 1.69 bits per heavy atom. The lowest BCUT2D eigenvalue weighted by atomic mass is 9.99. The van der Waals surface area contributed by atoms with Gasteiger partial charge in [-0.25, -0.2) is 9.59 Å². The Hall–Kier alpha value is -2.79. The van der Waals surface area contributed by atoms with E-state index in [0.717, 1.165) is 36.1 Å². The molecule has 2 aromatic carbocycles. The fraction of sp³-hybridized carbons (Fsp3) is 0.304. The number of halogens is 1. The van der Waals surface area contributed by atoms with E-state index < -0.39 is 5.97 Å². The molecule has 0 radical (unpaired) electrons. The summed E-state index contributed by atoms with van der Waals surface area (Å²) in [6.07, 6.45) is 2.49. The SMILES string of the molecule is CCCc1c(Cl)n(CCC)c(=O)n1Cc1ccc(-c2ccccc2C(=O)O)cc1. The molecule has 0 aliphatic carbocycles. The number of rotatable bonds is 8. The Morgan fingerprint density at radius 1 is 1.00 bits per heavy atom. The van der Waals surface area contributed by atoms with Crippen molar-refractivity contribution < 1.29 is 9.90 Å². The van der Waals surface area contributed by atoms with Crippen LogP contribution in [0.2, 0.25) is 5.15 Å². The van der Waals surface area contributed by atoms with E-state index in [1.165, 1.54) is 0 Å². The molecule has 0 amide bonds. The second kappa shape index (κ2) is 9.14. The number of imidazole rings is 1. The number of nitrogens with zero attached hydrogens (tertiary/aromatic N) is 2. The molecule has 0 aliphatic heterocycles. The smallest absolute Gasteiger partial charge is 0.336 e. The molecule has 3 rings (SSSR count). The Morgan fingerprint density at radius 3 is 2.31 bits per heavy atom. The molecule has 152 valence electrons. The number of hydrogen-bond donors (Lipinski definition) is 1. The van der Waals surface area contributed by atoms with Crippen molar-refractivity contribution in [2.75, 3.05) is 0 Å². The molecular formula is C23H25ClN2O3. The average Bonchev–Trinajstić information content (AvgIpc) is 2.94. The molecule has 0 unspecified atom stereocenters. The van der Waals surface area contributed by atoms with Crippen molar-refractivity contribution in [2.24, 2.45) is 0 Å². The van der Waals surface area contributed by atoms with Crippen LogP contribution in [0.15, 0.2) is 53.3 Å². The van der Waals surface area contributed by atoms with Gasteiger partial charge in [0.1, 0.15) is 5.15 Å². The summed E-state index contributed by atoms with van der Waals surface area (Å²) in [6.45, 7) is 5.13. The number of carboxylic acids is 1. The summed E-state index contributed by atoms with van der Waals surface area (Å²) in [6, 6.07) is 14.6. The highest BCUT2D eigenvalue weighted by molar-refractivity contribution is 6.30. The molecule has 0 aliphatic rings. The second-order valence-corrected chi connectivity index (χ2v) is 7.41. The maximum absolute atomic E-state index is 12.9. The zero-order valence-electron chi connectivity index (χ0n) is 16.7. The predicted octanol–water partition coefficient (Wildman–Crippen LogP) is 5.08. The Bertz CT molecular complexity index is 1060. The van der Waals surface area contributed by atoms with Gasteiger partial charge in [-0.2, -0.15) is 0 Å². The van der Waals surface area contributed by atoms with Gasteiger partial charge in [0.15, 0.2) is 0 Å². The number of carboxylic acid groups (broad SMARTS) is 1. The second-order valence-electron chi connectivity index (χ2n) is 7.06. The largest absolute Gasteiger partial charge is 0.478 e. The summed E-state index contributed by atoms with van der Waals surface area (Å²) in [7, 11) is 0. The van der Waals surface area contributed by atoms with Crippen molar-refractivity contribution in [3.63, 3.8) is 0 Å². The first-order valence-electron chi connectivity index (χ1n) is 9.87. The first-order valence-corrected chi connectivity index (χ1v) is 10.2.